The predicted molar refractivity (Wildman–Crippen MR) is 151 cm³/mol. The maximum Gasteiger partial charge on any atom is 0.137 e. The molecule has 38 heavy (non-hydrogen) atoms. The largest absolute Gasteiger partial charge is 0.497 e. The molecule has 4 heterocycles. The van der Waals surface area contributed by atoms with E-state index in [-0.39, 0.29) is 0 Å². The van der Waals surface area contributed by atoms with Crippen LogP contribution in [0.2, 0.25) is 0 Å². The number of ether oxygens (including phenoxy) is 2. The van der Waals surface area contributed by atoms with Crippen molar-refractivity contribution in [3.63, 3.8) is 0 Å². The van der Waals surface area contributed by atoms with E-state index in [0.717, 1.165) is 69.2 Å². The number of allylic oxidation sites excluding steroid dienone is 1. The number of rotatable bonds is 5. The molecule has 1 aliphatic carbocycles. The van der Waals surface area contributed by atoms with Gasteiger partial charge >= 0.3 is 0 Å². The molecule has 2 aromatic carbocycles. The minimum absolute atomic E-state index is 0.403. The molecule has 1 spiro atoms. The Kier molecular flexibility index (Phi) is 5.86. The van der Waals surface area contributed by atoms with Gasteiger partial charge in [0, 0.05) is 44.0 Å². The normalized spacial score (nSPS) is 19.0. The molecule has 0 N–H and O–H groups in total. The van der Waals surface area contributed by atoms with Crippen molar-refractivity contribution in [3.05, 3.63) is 101 Å². The number of pyridine rings is 1. The number of benzene rings is 2. The average molecular weight is 506 g/mol. The van der Waals surface area contributed by atoms with Crippen LogP contribution >= 0.6 is 0 Å². The first kappa shape index (κ1) is 23.7. The second kappa shape index (κ2) is 9.40. The number of nitrogens with zero attached hydrogens (tertiary/aromatic N) is 3. The number of hydrogen-bond donors (Lipinski definition) is 0. The lowest BCUT2D eigenvalue weighted by Gasteiger charge is -2.46. The van der Waals surface area contributed by atoms with E-state index < -0.39 is 0 Å². The fourth-order valence-corrected chi connectivity index (χ4v) is 6.81. The maximum absolute atomic E-state index is 5.66. The Morgan fingerprint density at radius 3 is 2.74 bits per heavy atom. The molecule has 2 aliphatic heterocycles. The topological polar surface area (TPSA) is 39.0 Å². The summed E-state index contributed by atoms with van der Waals surface area (Å²) < 4.78 is 13.4. The van der Waals surface area contributed by atoms with Crippen molar-refractivity contribution in [1.29, 1.82) is 0 Å². The predicted octanol–water partition coefficient (Wildman–Crippen LogP) is 6.17. The van der Waals surface area contributed by atoms with E-state index in [9.17, 15) is 0 Å². The summed E-state index contributed by atoms with van der Waals surface area (Å²) in [7, 11) is 1.75. The van der Waals surface area contributed by atoms with E-state index >= 15 is 0 Å². The van der Waals surface area contributed by atoms with E-state index in [1.807, 2.05) is 0 Å². The summed E-state index contributed by atoms with van der Waals surface area (Å²) in [5.74, 6) is 0.924. The molecule has 0 unspecified atom stereocenters. The summed E-state index contributed by atoms with van der Waals surface area (Å²) in [6, 6.07) is 19.9. The average Bonchev–Trinajstić information content (AvgIpc) is 3.51. The fourth-order valence-electron chi connectivity index (χ4n) is 6.81. The second-order valence-electron chi connectivity index (χ2n) is 11.4. The number of aryl methyl sites for hydroxylation is 2. The van der Waals surface area contributed by atoms with E-state index in [2.05, 4.69) is 83.2 Å². The van der Waals surface area contributed by atoms with Gasteiger partial charge in [-0.15, -0.1) is 0 Å². The van der Waals surface area contributed by atoms with Crippen LogP contribution in [0.15, 0.2) is 67.0 Å². The third-order valence-corrected chi connectivity index (χ3v) is 8.71. The second-order valence-corrected chi connectivity index (χ2v) is 11.4. The molecule has 7 rings (SSSR count). The number of methoxy groups -OCH3 is 1. The minimum Gasteiger partial charge on any atom is -0.497 e. The van der Waals surface area contributed by atoms with E-state index in [1.165, 1.54) is 45.4 Å². The van der Waals surface area contributed by atoms with Gasteiger partial charge in [-0.2, -0.15) is 0 Å². The van der Waals surface area contributed by atoms with Gasteiger partial charge in [-0.25, -0.2) is 4.98 Å². The van der Waals surface area contributed by atoms with Crippen LogP contribution < -0.4 is 4.74 Å². The van der Waals surface area contributed by atoms with Gasteiger partial charge in [0.05, 0.1) is 19.4 Å². The van der Waals surface area contributed by atoms with E-state index in [0.29, 0.717) is 5.41 Å². The Balaban J connectivity index is 1.29. The Bertz CT molecular complexity index is 1540. The summed E-state index contributed by atoms with van der Waals surface area (Å²) in [5, 5.41) is 0. The zero-order chi connectivity index (χ0) is 25.7. The summed E-state index contributed by atoms with van der Waals surface area (Å²) in [6.45, 7) is 7.21. The van der Waals surface area contributed by atoms with Gasteiger partial charge in [-0.1, -0.05) is 30.3 Å². The summed E-state index contributed by atoms with van der Waals surface area (Å²) in [6.07, 6.45) is 8.78. The molecule has 2 saturated heterocycles. The lowest BCUT2D eigenvalue weighted by atomic mass is 9.79. The molecule has 5 nitrogen and oxygen atoms in total. The Morgan fingerprint density at radius 1 is 1.03 bits per heavy atom. The van der Waals surface area contributed by atoms with Crippen LogP contribution in [-0.2, 0) is 17.7 Å². The van der Waals surface area contributed by atoms with Crippen LogP contribution in [0.25, 0.3) is 16.8 Å². The monoisotopic (exact) mass is 505 g/mol. The van der Waals surface area contributed by atoms with Crippen LogP contribution in [-0.4, -0.2) is 47.7 Å². The Labute approximate surface area is 224 Å². The van der Waals surface area contributed by atoms with Crippen molar-refractivity contribution in [1.82, 2.24) is 14.3 Å². The third kappa shape index (κ3) is 4.14. The van der Waals surface area contributed by atoms with Crippen LogP contribution in [0.3, 0.4) is 0 Å². The van der Waals surface area contributed by atoms with Gasteiger partial charge < -0.3 is 13.9 Å². The number of hydrogen-bond acceptors (Lipinski definition) is 4. The molecule has 4 aromatic rings. The van der Waals surface area contributed by atoms with Gasteiger partial charge in [0.1, 0.15) is 11.4 Å². The van der Waals surface area contributed by atoms with Crippen molar-refractivity contribution >= 4 is 16.8 Å². The van der Waals surface area contributed by atoms with Gasteiger partial charge in [-0.3, -0.25) is 4.90 Å². The molecule has 194 valence electrons. The number of likely N-dealkylation sites (tertiary alicyclic amines) is 1. The zero-order valence-corrected chi connectivity index (χ0v) is 22.4. The maximum atomic E-state index is 5.66. The smallest absolute Gasteiger partial charge is 0.137 e. The Hall–Kier alpha value is -3.41. The molecule has 2 aromatic heterocycles. The van der Waals surface area contributed by atoms with Crippen LogP contribution in [0.1, 0.15) is 52.8 Å². The highest BCUT2D eigenvalue weighted by molar-refractivity contribution is 6.00. The van der Waals surface area contributed by atoms with Gasteiger partial charge in [0.25, 0.3) is 0 Å². The van der Waals surface area contributed by atoms with Gasteiger partial charge in [0.2, 0.25) is 0 Å². The molecule has 0 amide bonds. The summed E-state index contributed by atoms with van der Waals surface area (Å²) in [5.41, 5.74) is 11.9. The van der Waals surface area contributed by atoms with Gasteiger partial charge in [0.15, 0.2) is 0 Å². The molecule has 2 fully saturated rings. The first-order valence-electron chi connectivity index (χ1n) is 13.9. The molecule has 0 radical (unpaired) electrons. The molecule has 0 atom stereocenters. The molecule has 0 saturated carbocycles. The van der Waals surface area contributed by atoms with Crippen molar-refractivity contribution in [2.24, 2.45) is 5.41 Å². The van der Waals surface area contributed by atoms with E-state index in [1.54, 1.807) is 7.11 Å². The SMILES string of the molecule is COc1ccc2c(c1)CCCC(c1ccccc1C)=C2c1ccn2cc(CN3CC4(CCOC4)C3)nc2c1. The zero-order valence-electron chi connectivity index (χ0n) is 22.4. The summed E-state index contributed by atoms with van der Waals surface area (Å²) >= 11 is 0. The quantitative estimate of drug-likeness (QED) is 0.325. The molecule has 3 aliphatic rings. The van der Waals surface area contributed by atoms with Crippen LogP contribution in [0.4, 0.5) is 0 Å². The molecule has 0 bridgehead atoms. The standard InChI is InChI=1S/C33H35N3O2/c1-23-6-3-4-8-28(23)30-9-5-7-24-16-27(37-2)10-11-29(24)32(30)25-12-14-36-19-26(34-31(36)17-25)18-35-20-33(21-35)13-15-38-22-33/h3-4,6,8,10-12,14,16-17,19H,5,7,9,13,15,18,20-22H2,1-2H3. The fraction of sp³-hybridized carbons (Fsp3) is 0.364. The van der Waals surface area contributed by atoms with Crippen molar-refractivity contribution in [2.75, 3.05) is 33.4 Å². The first-order chi connectivity index (χ1) is 18.6. The van der Waals surface area contributed by atoms with Crippen LogP contribution in [0.5, 0.6) is 5.75 Å². The molecular formula is C33H35N3O2. The van der Waals surface area contributed by atoms with Gasteiger partial charge in [-0.05, 0) is 95.8 Å². The lowest BCUT2D eigenvalue weighted by Crippen LogP contribution is -2.56. The number of aromatic nitrogens is 2. The van der Waals surface area contributed by atoms with Crippen molar-refractivity contribution < 1.29 is 9.47 Å². The number of imidazole rings is 1. The highest BCUT2D eigenvalue weighted by Crippen LogP contribution is 2.42. The van der Waals surface area contributed by atoms with Crippen LogP contribution in [0, 0.1) is 12.3 Å². The third-order valence-electron chi connectivity index (χ3n) is 8.71. The van der Waals surface area contributed by atoms with E-state index in [4.69, 9.17) is 14.5 Å². The summed E-state index contributed by atoms with van der Waals surface area (Å²) in [4.78, 5) is 7.58. The van der Waals surface area contributed by atoms with Crippen molar-refractivity contribution in [2.45, 2.75) is 39.2 Å². The molecular weight excluding hydrogens is 470 g/mol. The molecule has 5 heteroatoms. The number of fused-ring (bicyclic) bond motifs is 2. The highest BCUT2D eigenvalue weighted by atomic mass is 16.5. The highest BCUT2D eigenvalue weighted by Gasteiger charge is 2.45. The van der Waals surface area contributed by atoms with Crippen molar-refractivity contribution in [3.8, 4) is 5.75 Å². The first-order valence-corrected chi connectivity index (χ1v) is 13.9. The Morgan fingerprint density at radius 2 is 1.92 bits per heavy atom. The lowest BCUT2D eigenvalue weighted by molar-refractivity contribution is -0.0130. The minimum atomic E-state index is 0.403.